The zero-order valence-corrected chi connectivity index (χ0v) is 9.02. The Hall–Kier alpha value is -1.48. The zero-order valence-electron chi connectivity index (χ0n) is 9.02. The number of benzene rings is 1. The number of carbonyl (C=O) groups is 2. The third kappa shape index (κ3) is 2.55. The number of hydrogen-bond donors (Lipinski definition) is 0. The van der Waals surface area contributed by atoms with Crippen molar-refractivity contribution in [3.63, 3.8) is 0 Å². The van der Waals surface area contributed by atoms with Crippen molar-refractivity contribution < 1.29 is 14.3 Å². The standard InChI is InChI=1S/C13H14O3/c14-12-6-7-16-9-11(12)8-13(15)10-4-2-1-3-5-10/h1-5,11H,6-9H2. The van der Waals surface area contributed by atoms with Crippen LogP contribution in [0.2, 0.25) is 0 Å². The van der Waals surface area contributed by atoms with E-state index >= 15 is 0 Å². The van der Waals surface area contributed by atoms with Gasteiger partial charge in [-0.15, -0.1) is 0 Å². The Balaban J connectivity index is 1.99. The van der Waals surface area contributed by atoms with Crippen LogP contribution in [0.25, 0.3) is 0 Å². The maximum atomic E-state index is 11.9. The molecule has 16 heavy (non-hydrogen) atoms. The number of rotatable bonds is 3. The van der Waals surface area contributed by atoms with Gasteiger partial charge in [-0.1, -0.05) is 30.3 Å². The van der Waals surface area contributed by atoms with Crippen LogP contribution in [0.5, 0.6) is 0 Å². The number of carbonyl (C=O) groups excluding carboxylic acids is 2. The van der Waals surface area contributed by atoms with Crippen molar-refractivity contribution in [1.82, 2.24) is 0 Å². The minimum Gasteiger partial charge on any atom is -0.380 e. The largest absolute Gasteiger partial charge is 0.380 e. The predicted molar refractivity (Wildman–Crippen MR) is 59.3 cm³/mol. The molecule has 0 radical (unpaired) electrons. The Morgan fingerprint density at radius 2 is 2.06 bits per heavy atom. The molecule has 1 aliphatic heterocycles. The van der Waals surface area contributed by atoms with Crippen molar-refractivity contribution in [3.05, 3.63) is 35.9 Å². The molecule has 1 aromatic carbocycles. The zero-order chi connectivity index (χ0) is 11.4. The van der Waals surface area contributed by atoms with E-state index in [2.05, 4.69) is 0 Å². The predicted octanol–water partition coefficient (Wildman–Crippen LogP) is 1.86. The van der Waals surface area contributed by atoms with Gasteiger partial charge in [0.05, 0.1) is 13.2 Å². The van der Waals surface area contributed by atoms with Gasteiger partial charge in [-0.05, 0) is 0 Å². The second-order valence-electron chi connectivity index (χ2n) is 3.98. The van der Waals surface area contributed by atoms with Gasteiger partial charge < -0.3 is 4.74 Å². The molecule has 1 fully saturated rings. The van der Waals surface area contributed by atoms with Crippen LogP contribution in [-0.4, -0.2) is 24.8 Å². The van der Waals surface area contributed by atoms with Crippen LogP contribution in [0.3, 0.4) is 0 Å². The van der Waals surface area contributed by atoms with Gasteiger partial charge in [0.2, 0.25) is 0 Å². The first-order chi connectivity index (χ1) is 7.77. The quantitative estimate of drug-likeness (QED) is 0.727. The van der Waals surface area contributed by atoms with Crippen molar-refractivity contribution in [1.29, 1.82) is 0 Å². The molecule has 3 heteroatoms. The van der Waals surface area contributed by atoms with Crippen molar-refractivity contribution in [2.24, 2.45) is 5.92 Å². The van der Waals surface area contributed by atoms with E-state index in [0.717, 1.165) is 0 Å². The summed E-state index contributed by atoms with van der Waals surface area (Å²) >= 11 is 0. The van der Waals surface area contributed by atoms with Crippen LogP contribution >= 0.6 is 0 Å². The lowest BCUT2D eigenvalue weighted by Gasteiger charge is -2.20. The molecular formula is C13H14O3. The SMILES string of the molecule is O=C(CC1COCCC1=O)c1ccccc1. The normalized spacial score (nSPS) is 20.8. The van der Waals surface area contributed by atoms with E-state index in [0.29, 0.717) is 25.2 Å². The molecule has 0 aliphatic carbocycles. The lowest BCUT2D eigenvalue weighted by Crippen LogP contribution is -2.29. The highest BCUT2D eigenvalue weighted by Crippen LogP contribution is 2.16. The lowest BCUT2D eigenvalue weighted by molar-refractivity contribution is -0.130. The highest BCUT2D eigenvalue weighted by molar-refractivity contribution is 5.99. The summed E-state index contributed by atoms with van der Waals surface area (Å²) in [7, 11) is 0. The molecule has 0 bridgehead atoms. The molecule has 1 unspecified atom stereocenters. The molecule has 2 rings (SSSR count). The van der Waals surface area contributed by atoms with Crippen LogP contribution in [0.4, 0.5) is 0 Å². The minimum atomic E-state index is -0.249. The summed E-state index contributed by atoms with van der Waals surface area (Å²) in [6.45, 7) is 0.881. The number of ether oxygens (including phenoxy) is 1. The second kappa shape index (κ2) is 5.03. The van der Waals surface area contributed by atoms with Gasteiger partial charge >= 0.3 is 0 Å². The van der Waals surface area contributed by atoms with Gasteiger partial charge in [0.15, 0.2) is 5.78 Å². The summed E-state index contributed by atoms with van der Waals surface area (Å²) in [6, 6.07) is 9.07. The van der Waals surface area contributed by atoms with Crippen molar-refractivity contribution in [3.8, 4) is 0 Å². The van der Waals surface area contributed by atoms with E-state index in [4.69, 9.17) is 4.74 Å². The molecule has 0 amide bonds. The average Bonchev–Trinajstić information content (AvgIpc) is 2.33. The molecule has 3 nitrogen and oxygen atoms in total. The van der Waals surface area contributed by atoms with Gasteiger partial charge in [0.1, 0.15) is 5.78 Å². The molecule has 0 saturated carbocycles. The third-order valence-corrected chi connectivity index (χ3v) is 2.79. The maximum Gasteiger partial charge on any atom is 0.163 e. The van der Waals surface area contributed by atoms with Gasteiger partial charge in [0, 0.05) is 24.3 Å². The first-order valence-corrected chi connectivity index (χ1v) is 5.46. The fourth-order valence-electron chi connectivity index (χ4n) is 1.83. The Bertz CT molecular complexity index is 383. The molecule has 0 aromatic heterocycles. The Labute approximate surface area is 94.4 Å². The molecular weight excluding hydrogens is 204 g/mol. The summed E-state index contributed by atoms with van der Waals surface area (Å²) in [4.78, 5) is 23.4. The highest BCUT2D eigenvalue weighted by atomic mass is 16.5. The van der Waals surface area contributed by atoms with Crippen molar-refractivity contribution in [2.75, 3.05) is 13.2 Å². The van der Waals surface area contributed by atoms with Crippen LogP contribution in [0, 0.1) is 5.92 Å². The summed E-state index contributed by atoms with van der Waals surface area (Å²) in [5, 5.41) is 0. The summed E-state index contributed by atoms with van der Waals surface area (Å²) in [5.74, 6) is -0.0820. The molecule has 1 atom stereocenters. The molecule has 84 valence electrons. The molecule has 0 spiro atoms. The molecule has 1 heterocycles. The fourth-order valence-corrected chi connectivity index (χ4v) is 1.83. The second-order valence-corrected chi connectivity index (χ2v) is 3.98. The van der Waals surface area contributed by atoms with Gasteiger partial charge in [-0.25, -0.2) is 0 Å². The van der Waals surface area contributed by atoms with E-state index in [-0.39, 0.29) is 23.9 Å². The van der Waals surface area contributed by atoms with Gasteiger partial charge in [-0.2, -0.15) is 0 Å². The average molecular weight is 218 g/mol. The van der Waals surface area contributed by atoms with E-state index in [1.165, 1.54) is 0 Å². The number of ketones is 2. The van der Waals surface area contributed by atoms with E-state index in [1.54, 1.807) is 12.1 Å². The van der Waals surface area contributed by atoms with Crippen LogP contribution in [-0.2, 0) is 9.53 Å². The van der Waals surface area contributed by atoms with E-state index < -0.39 is 0 Å². The first kappa shape index (κ1) is 11.0. The lowest BCUT2D eigenvalue weighted by atomic mass is 9.92. The van der Waals surface area contributed by atoms with Crippen molar-refractivity contribution in [2.45, 2.75) is 12.8 Å². The maximum absolute atomic E-state index is 11.9. The molecule has 1 aliphatic rings. The van der Waals surface area contributed by atoms with Crippen molar-refractivity contribution >= 4 is 11.6 Å². The minimum absolute atomic E-state index is 0.0180. The monoisotopic (exact) mass is 218 g/mol. The first-order valence-electron chi connectivity index (χ1n) is 5.46. The van der Waals surface area contributed by atoms with Crippen LogP contribution in [0.1, 0.15) is 23.2 Å². The van der Waals surface area contributed by atoms with E-state index in [9.17, 15) is 9.59 Å². The van der Waals surface area contributed by atoms with Gasteiger partial charge in [-0.3, -0.25) is 9.59 Å². The third-order valence-electron chi connectivity index (χ3n) is 2.79. The molecule has 1 saturated heterocycles. The fraction of sp³-hybridized carbons (Fsp3) is 0.385. The summed E-state index contributed by atoms with van der Waals surface area (Å²) in [6.07, 6.45) is 0.704. The number of hydrogen-bond acceptors (Lipinski definition) is 3. The smallest absolute Gasteiger partial charge is 0.163 e. The molecule has 0 N–H and O–H groups in total. The Morgan fingerprint density at radius 3 is 2.75 bits per heavy atom. The highest BCUT2D eigenvalue weighted by Gasteiger charge is 2.25. The van der Waals surface area contributed by atoms with Crippen LogP contribution in [0.15, 0.2) is 30.3 Å². The van der Waals surface area contributed by atoms with E-state index in [1.807, 2.05) is 18.2 Å². The topological polar surface area (TPSA) is 43.4 Å². The van der Waals surface area contributed by atoms with Gasteiger partial charge in [0.25, 0.3) is 0 Å². The molecule has 1 aromatic rings. The Morgan fingerprint density at radius 1 is 1.31 bits per heavy atom. The van der Waals surface area contributed by atoms with Crippen LogP contribution < -0.4 is 0 Å². The summed E-state index contributed by atoms with van der Waals surface area (Å²) in [5.41, 5.74) is 0.667. The Kier molecular flexibility index (Phi) is 3.47. The number of Topliss-reactive ketones (excluding diaryl/α,β-unsaturated/α-hetero) is 2. The summed E-state index contributed by atoms with van der Waals surface area (Å²) < 4.78 is 5.22.